The fourth-order valence-electron chi connectivity index (χ4n) is 3.57. The standard InChI is InChI=1S/C15H17N3/c1-10-2-5-14-13(6-10)15(17-9-16-14)18-8-11-3-4-12(18)7-11/h2,5-6,9,11-12H,3-4,7-8H2,1H3. The molecule has 0 amide bonds. The van der Waals surface area contributed by atoms with Crippen LogP contribution in [0.25, 0.3) is 10.9 Å². The lowest BCUT2D eigenvalue weighted by atomic mass is 10.1. The molecule has 2 heterocycles. The van der Waals surface area contributed by atoms with Crippen molar-refractivity contribution in [2.75, 3.05) is 11.4 Å². The molecule has 1 aromatic carbocycles. The van der Waals surface area contributed by atoms with Crippen LogP contribution in [0.5, 0.6) is 0 Å². The summed E-state index contributed by atoms with van der Waals surface area (Å²) in [7, 11) is 0. The van der Waals surface area contributed by atoms with E-state index in [2.05, 4.69) is 40.0 Å². The number of hydrogen-bond acceptors (Lipinski definition) is 3. The Bertz CT molecular complexity index is 608. The topological polar surface area (TPSA) is 29.0 Å². The summed E-state index contributed by atoms with van der Waals surface area (Å²) in [5.41, 5.74) is 2.34. The summed E-state index contributed by atoms with van der Waals surface area (Å²) in [5, 5.41) is 1.21. The van der Waals surface area contributed by atoms with Crippen LogP contribution in [0, 0.1) is 12.8 Å². The Labute approximate surface area is 107 Å². The van der Waals surface area contributed by atoms with Gasteiger partial charge in [-0.1, -0.05) is 11.6 Å². The quantitative estimate of drug-likeness (QED) is 0.766. The average Bonchev–Trinajstić information content (AvgIpc) is 3.00. The van der Waals surface area contributed by atoms with Gasteiger partial charge in [0.05, 0.1) is 5.52 Å². The smallest absolute Gasteiger partial charge is 0.140 e. The second-order valence-electron chi connectivity index (χ2n) is 5.70. The number of anilines is 1. The Kier molecular flexibility index (Phi) is 2.10. The molecule has 3 heteroatoms. The van der Waals surface area contributed by atoms with Gasteiger partial charge < -0.3 is 4.90 Å². The Hall–Kier alpha value is -1.64. The maximum Gasteiger partial charge on any atom is 0.140 e. The van der Waals surface area contributed by atoms with Crippen LogP contribution in [-0.4, -0.2) is 22.6 Å². The van der Waals surface area contributed by atoms with Gasteiger partial charge in [0.25, 0.3) is 0 Å². The summed E-state index contributed by atoms with van der Waals surface area (Å²) < 4.78 is 0. The fraction of sp³-hybridized carbons (Fsp3) is 0.467. The van der Waals surface area contributed by atoms with E-state index in [1.807, 2.05) is 0 Å². The minimum atomic E-state index is 0.716. The summed E-state index contributed by atoms with van der Waals surface area (Å²) in [6.45, 7) is 3.32. The molecule has 2 bridgehead atoms. The molecule has 18 heavy (non-hydrogen) atoms. The monoisotopic (exact) mass is 239 g/mol. The predicted molar refractivity (Wildman–Crippen MR) is 72.8 cm³/mol. The molecule has 1 saturated carbocycles. The first-order valence-electron chi connectivity index (χ1n) is 6.79. The van der Waals surface area contributed by atoms with E-state index in [-0.39, 0.29) is 0 Å². The second kappa shape index (κ2) is 3.67. The van der Waals surface area contributed by atoms with Crippen LogP contribution in [0.15, 0.2) is 24.5 Å². The summed E-state index contributed by atoms with van der Waals surface area (Å²) in [6.07, 6.45) is 5.81. The van der Waals surface area contributed by atoms with E-state index in [9.17, 15) is 0 Å². The lowest BCUT2D eigenvalue weighted by molar-refractivity contribution is 0.551. The highest BCUT2D eigenvalue weighted by Gasteiger charge is 2.38. The fourth-order valence-corrected chi connectivity index (χ4v) is 3.57. The zero-order chi connectivity index (χ0) is 12.1. The first-order valence-corrected chi connectivity index (χ1v) is 6.79. The number of aryl methyl sites for hydroxylation is 1. The van der Waals surface area contributed by atoms with Crippen molar-refractivity contribution in [2.24, 2.45) is 5.92 Å². The van der Waals surface area contributed by atoms with E-state index < -0.39 is 0 Å². The van der Waals surface area contributed by atoms with Crippen molar-refractivity contribution in [2.45, 2.75) is 32.2 Å². The molecule has 2 aliphatic rings. The molecule has 4 rings (SSSR count). The van der Waals surface area contributed by atoms with Gasteiger partial charge in [-0.2, -0.15) is 0 Å². The van der Waals surface area contributed by atoms with Gasteiger partial charge in [-0.15, -0.1) is 0 Å². The number of fused-ring (bicyclic) bond motifs is 3. The van der Waals surface area contributed by atoms with Crippen molar-refractivity contribution in [3.8, 4) is 0 Å². The highest BCUT2D eigenvalue weighted by atomic mass is 15.2. The van der Waals surface area contributed by atoms with Gasteiger partial charge in [-0.25, -0.2) is 9.97 Å². The third kappa shape index (κ3) is 1.43. The minimum Gasteiger partial charge on any atom is -0.353 e. The lowest BCUT2D eigenvalue weighted by Gasteiger charge is -2.28. The maximum atomic E-state index is 4.56. The number of aromatic nitrogens is 2. The number of hydrogen-bond donors (Lipinski definition) is 0. The molecule has 1 saturated heterocycles. The van der Waals surface area contributed by atoms with Gasteiger partial charge in [0.1, 0.15) is 12.1 Å². The molecule has 0 N–H and O–H groups in total. The zero-order valence-electron chi connectivity index (χ0n) is 10.6. The van der Waals surface area contributed by atoms with Crippen molar-refractivity contribution in [3.05, 3.63) is 30.1 Å². The Morgan fingerprint density at radius 3 is 2.94 bits per heavy atom. The Morgan fingerprint density at radius 1 is 1.22 bits per heavy atom. The molecule has 2 fully saturated rings. The van der Waals surface area contributed by atoms with E-state index >= 15 is 0 Å². The normalized spacial score (nSPS) is 26.2. The van der Waals surface area contributed by atoms with Crippen LogP contribution in [0.2, 0.25) is 0 Å². The van der Waals surface area contributed by atoms with E-state index in [4.69, 9.17) is 0 Å². The number of rotatable bonds is 1. The zero-order valence-corrected chi connectivity index (χ0v) is 10.6. The third-order valence-corrected chi connectivity index (χ3v) is 4.45. The summed E-state index contributed by atoms with van der Waals surface area (Å²) in [6, 6.07) is 7.16. The molecule has 1 aliphatic heterocycles. The van der Waals surface area contributed by atoms with Crippen molar-refractivity contribution in [3.63, 3.8) is 0 Å². The van der Waals surface area contributed by atoms with Crippen LogP contribution in [0.1, 0.15) is 24.8 Å². The Balaban J connectivity index is 1.87. The average molecular weight is 239 g/mol. The van der Waals surface area contributed by atoms with E-state index in [0.717, 1.165) is 17.3 Å². The molecule has 3 nitrogen and oxygen atoms in total. The van der Waals surface area contributed by atoms with Gasteiger partial charge in [0.2, 0.25) is 0 Å². The van der Waals surface area contributed by atoms with Gasteiger partial charge >= 0.3 is 0 Å². The SMILES string of the molecule is Cc1ccc2ncnc(N3CC4CCC3C4)c2c1. The molecule has 1 aromatic heterocycles. The molecule has 92 valence electrons. The van der Waals surface area contributed by atoms with E-state index in [1.165, 1.54) is 36.8 Å². The minimum absolute atomic E-state index is 0.716. The molecule has 2 aromatic rings. The van der Waals surface area contributed by atoms with Crippen LogP contribution in [0.4, 0.5) is 5.82 Å². The van der Waals surface area contributed by atoms with Crippen molar-refractivity contribution in [1.82, 2.24) is 9.97 Å². The predicted octanol–water partition coefficient (Wildman–Crippen LogP) is 2.93. The molecular formula is C15H17N3. The molecule has 2 unspecified atom stereocenters. The number of nitrogens with zero attached hydrogens (tertiary/aromatic N) is 3. The van der Waals surface area contributed by atoms with Crippen molar-refractivity contribution >= 4 is 16.7 Å². The summed E-state index contributed by atoms with van der Waals surface area (Å²) >= 11 is 0. The van der Waals surface area contributed by atoms with Crippen molar-refractivity contribution < 1.29 is 0 Å². The molecular weight excluding hydrogens is 222 g/mol. The summed E-state index contributed by atoms with van der Waals surface area (Å²) in [4.78, 5) is 11.5. The third-order valence-electron chi connectivity index (χ3n) is 4.45. The van der Waals surface area contributed by atoms with Crippen LogP contribution >= 0.6 is 0 Å². The van der Waals surface area contributed by atoms with Crippen LogP contribution < -0.4 is 4.90 Å². The number of benzene rings is 1. The first-order chi connectivity index (χ1) is 8.81. The second-order valence-corrected chi connectivity index (χ2v) is 5.70. The largest absolute Gasteiger partial charge is 0.353 e. The van der Waals surface area contributed by atoms with Gasteiger partial charge in [-0.3, -0.25) is 0 Å². The molecule has 2 atom stereocenters. The summed E-state index contributed by atoms with van der Waals surface area (Å²) in [5.74, 6) is 2.04. The molecule has 1 aliphatic carbocycles. The number of piperidine rings is 1. The highest BCUT2D eigenvalue weighted by Crippen LogP contribution is 2.41. The van der Waals surface area contributed by atoms with Crippen molar-refractivity contribution in [1.29, 1.82) is 0 Å². The van der Waals surface area contributed by atoms with Crippen LogP contribution in [0.3, 0.4) is 0 Å². The molecule has 0 radical (unpaired) electrons. The highest BCUT2D eigenvalue weighted by molar-refractivity contribution is 5.90. The molecule has 0 spiro atoms. The van der Waals surface area contributed by atoms with E-state index in [0.29, 0.717) is 6.04 Å². The Morgan fingerprint density at radius 2 is 2.17 bits per heavy atom. The lowest BCUT2D eigenvalue weighted by Crippen LogP contribution is -2.32. The van der Waals surface area contributed by atoms with Gasteiger partial charge in [0, 0.05) is 18.0 Å². The van der Waals surface area contributed by atoms with Crippen LogP contribution in [-0.2, 0) is 0 Å². The first kappa shape index (κ1) is 10.3. The van der Waals surface area contributed by atoms with Gasteiger partial charge in [0.15, 0.2) is 0 Å². The van der Waals surface area contributed by atoms with E-state index in [1.54, 1.807) is 6.33 Å². The maximum absolute atomic E-state index is 4.56. The van der Waals surface area contributed by atoms with Gasteiger partial charge in [-0.05, 0) is 44.2 Å².